The molecule has 0 aromatic heterocycles. The van der Waals surface area contributed by atoms with Crippen molar-refractivity contribution >= 4 is 5.97 Å². The summed E-state index contributed by atoms with van der Waals surface area (Å²) in [4.78, 5) is 11.1. The number of methoxy groups -OCH3 is 1. The van der Waals surface area contributed by atoms with E-state index in [4.69, 9.17) is 0 Å². The Balaban J connectivity index is 2.00. The summed E-state index contributed by atoms with van der Waals surface area (Å²) >= 11 is 0. The summed E-state index contributed by atoms with van der Waals surface area (Å²) in [6, 6.07) is 0. The second-order valence-electron chi connectivity index (χ2n) is 4.92. The summed E-state index contributed by atoms with van der Waals surface area (Å²) in [6.07, 6.45) is 8.28. The fourth-order valence-corrected chi connectivity index (χ4v) is 2.39. The maximum Gasteiger partial charge on any atom is 0.309 e. The summed E-state index contributed by atoms with van der Waals surface area (Å²) in [5.41, 5.74) is 0. The first kappa shape index (κ1) is 13.5. The number of ether oxygens (including phenoxy) is 1. The Morgan fingerprint density at radius 1 is 1.38 bits per heavy atom. The predicted molar refractivity (Wildman–Crippen MR) is 65.2 cm³/mol. The van der Waals surface area contributed by atoms with Crippen molar-refractivity contribution in [2.75, 3.05) is 20.2 Å². The van der Waals surface area contributed by atoms with Crippen molar-refractivity contribution in [3.05, 3.63) is 0 Å². The first-order valence-corrected chi connectivity index (χ1v) is 6.52. The van der Waals surface area contributed by atoms with Crippen LogP contribution < -0.4 is 5.32 Å². The molecule has 94 valence electrons. The molecular formula is C13H25NO2. The van der Waals surface area contributed by atoms with Gasteiger partial charge in [-0.3, -0.25) is 4.79 Å². The van der Waals surface area contributed by atoms with Gasteiger partial charge in [-0.25, -0.2) is 0 Å². The molecule has 3 heteroatoms. The molecule has 1 unspecified atom stereocenters. The molecule has 1 atom stereocenters. The van der Waals surface area contributed by atoms with E-state index in [0.717, 1.165) is 19.0 Å². The third kappa shape index (κ3) is 4.97. The van der Waals surface area contributed by atoms with Crippen LogP contribution in [0.3, 0.4) is 0 Å². The van der Waals surface area contributed by atoms with Crippen molar-refractivity contribution in [3.63, 3.8) is 0 Å². The zero-order chi connectivity index (χ0) is 11.8. The van der Waals surface area contributed by atoms with E-state index in [2.05, 4.69) is 10.1 Å². The van der Waals surface area contributed by atoms with Crippen molar-refractivity contribution in [2.45, 2.75) is 45.4 Å². The highest BCUT2D eigenvalue weighted by Crippen LogP contribution is 2.25. The van der Waals surface area contributed by atoms with E-state index in [-0.39, 0.29) is 11.9 Å². The van der Waals surface area contributed by atoms with Gasteiger partial charge in [0.05, 0.1) is 13.0 Å². The minimum Gasteiger partial charge on any atom is -0.469 e. The van der Waals surface area contributed by atoms with Crippen LogP contribution in [0.15, 0.2) is 0 Å². The Labute approximate surface area is 98.9 Å². The molecule has 1 aliphatic carbocycles. The van der Waals surface area contributed by atoms with Gasteiger partial charge in [-0.2, -0.15) is 0 Å². The molecule has 0 heterocycles. The van der Waals surface area contributed by atoms with E-state index >= 15 is 0 Å². The standard InChI is InChI=1S/C13H25NO2/c1-11(13(15)16-2)10-14-9-8-12-6-4-3-5-7-12/h11-12,14H,3-10H2,1-2H3. The lowest BCUT2D eigenvalue weighted by molar-refractivity contribution is -0.144. The van der Waals surface area contributed by atoms with Gasteiger partial charge in [-0.05, 0) is 18.9 Å². The molecular weight excluding hydrogens is 202 g/mol. The maximum atomic E-state index is 11.1. The second-order valence-corrected chi connectivity index (χ2v) is 4.92. The third-order valence-electron chi connectivity index (χ3n) is 3.51. The summed E-state index contributed by atoms with van der Waals surface area (Å²) < 4.78 is 4.68. The number of esters is 1. The smallest absolute Gasteiger partial charge is 0.309 e. The molecule has 16 heavy (non-hydrogen) atoms. The third-order valence-corrected chi connectivity index (χ3v) is 3.51. The lowest BCUT2D eigenvalue weighted by atomic mass is 9.87. The predicted octanol–water partition coefficient (Wildman–Crippen LogP) is 2.36. The molecule has 0 aliphatic heterocycles. The van der Waals surface area contributed by atoms with Gasteiger partial charge < -0.3 is 10.1 Å². The van der Waals surface area contributed by atoms with Crippen LogP contribution in [0, 0.1) is 11.8 Å². The van der Waals surface area contributed by atoms with E-state index in [9.17, 15) is 4.79 Å². The van der Waals surface area contributed by atoms with Crippen molar-refractivity contribution in [3.8, 4) is 0 Å². The molecule has 1 N–H and O–H groups in total. The number of hydrogen-bond donors (Lipinski definition) is 1. The van der Waals surface area contributed by atoms with Crippen molar-refractivity contribution in [2.24, 2.45) is 11.8 Å². The SMILES string of the molecule is COC(=O)C(C)CNCCC1CCCCC1. The van der Waals surface area contributed by atoms with Gasteiger partial charge in [0.25, 0.3) is 0 Å². The Hall–Kier alpha value is -0.570. The van der Waals surface area contributed by atoms with Crippen LogP contribution in [-0.2, 0) is 9.53 Å². The van der Waals surface area contributed by atoms with Gasteiger partial charge in [0.2, 0.25) is 0 Å². The molecule has 0 aromatic carbocycles. The molecule has 1 fully saturated rings. The number of carbonyl (C=O) groups is 1. The first-order valence-electron chi connectivity index (χ1n) is 6.52. The second kappa shape index (κ2) is 7.66. The Kier molecular flexibility index (Phi) is 6.46. The van der Waals surface area contributed by atoms with Gasteiger partial charge in [-0.15, -0.1) is 0 Å². The number of carbonyl (C=O) groups excluding carboxylic acids is 1. The minimum atomic E-state index is -0.120. The lowest BCUT2D eigenvalue weighted by Crippen LogP contribution is -2.29. The van der Waals surface area contributed by atoms with Crippen LogP contribution in [0.2, 0.25) is 0 Å². The van der Waals surface area contributed by atoms with Gasteiger partial charge in [0, 0.05) is 6.54 Å². The molecule has 1 aliphatic rings. The Morgan fingerprint density at radius 3 is 2.69 bits per heavy atom. The van der Waals surface area contributed by atoms with Crippen molar-refractivity contribution in [1.82, 2.24) is 5.32 Å². The maximum absolute atomic E-state index is 11.1. The molecule has 3 nitrogen and oxygen atoms in total. The number of rotatable bonds is 6. The fourth-order valence-electron chi connectivity index (χ4n) is 2.39. The van der Waals surface area contributed by atoms with E-state index in [1.54, 1.807) is 0 Å². The monoisotopic (exact) mass is 227 g/mol. The zero-order valence-electron chi connectivity index (χ0n) is 10.6. The highest BCUT2D eigenvalue weighted by atomic mass is 16.5. The number of hydrogen-bond acceptors (Lipinski definition) is 3. The van der Waals surface area contributed by atoms with Crippen molar-refractivity contribution in [1.29, 1.82) is 0 Å². The normalized spacial score (nSPS) is 19.4. The average molecular weight is 227 g/mol. The van der Waals surface area contributed by atoms with Crippen LogP contribution in [0.25, 0.3) is 0 Å². The van der Waals surface area contributed by atoms with Crippen LogP contribution in [-0.4, -0.2) is 26.2 Å². The minimum absolute atomic E-state index is 0.0312. The van der Waals surface area contributed by atoms with Gasteiger partial charge >= 0.3 is 5.97 Å². The first-order chi connectivity index (χ1) is 7.74. The molecule has 0 radical (unpaired) electrons. The zero-order valence-corrected chi connectivity index (χ0v) is 10.6. The van der Waals surface area contributed by atoms with E-state index < -0.39 is 0 Å². The number of nitrogens with one attached hydrogen (secondary N) is 1. The molecule has 0 bridgehead atoms. The molecule has 0 amide bonds. The van der Waals surface area contributed by atoms with Crippen LogP contribution >= 0.6 is 0 Å². The van der Waals surface area contributed by atoms with E-state index in [1.165, 1.54) is 45.6 Å². The molecule has 0 aromatic rings. The van der Waals surface area contributed by atoms with Crippen LogP contribution in [0.5, 0.6) is 0 Å². The summed E-state index contributed by atoms with van der Waals surface area (Å²) in [7, 11) is 1.45. The molecule has 1 rings (SSSR count). The Bertz CT molecular complexity index is 200. The summed E-state index contributed by atoms with van der Waals surface area (Å²) in [5, 5.41) is 3.35. The van der Waals surface area contributed by atoms with E-state index in [0.29, 0.717) is 0 Å². The van der Waals surface area contributed by atoms with Crippen LogP contribution in [0.1, 0.15) is 45.4 Å². The van der Waals surface area contributed by atoms with Crippen LogP contribution in [0.4, 0.5) is 0 Å². The lowest BCUT2D eigenvalue weighted by Gasteiger charge is -2.21. The van der Waals surface area contributed by atoms with E-state index in [1.807, 2.05) is 6.92 Å². The van der Waals surface area contributed by atoms with Gasteiger partial charge in [0.15, 0.2) is 0 Å². The highest BCUT2D eigenvalue weighted by Gasteiger charge is 2.14. The van der Waals surface area contributed by atoms with Crippen molar-refractivity contribution < 1.29 is 9.53 Å². The molecule has 0 spiro atoms. The fraction of sp³-hybridized carbons (Fsp3) is 0.923. The summed E-state index contributed by atoms with van der Waals surface area (Å²) in [6.45, 7) is 3.67. The quantitative estimate of drug-likeness (QED) is 0.559. The summed E-state index contributed by atoms with van der Waals surface area (Å²) in [5.74, 6) is 0.760. The average Bonchev–Trinajstić information content (AvgIpc) is 2.34. The Morgan fingerprint density at radius 2 is 2.06 bits per heavy atom. The molecule has 0 saturated heterocycles. The largest absolute Gasteiger partial charge is 0.469 e. The topological polar surface area (TPSA) is 38.3 Å². The van der Waals surface area contributed by atoms with Gasteiger partial charge in [0.1, 0.15) is 0 Å². The molecule has 1 saturated carbocycles. The van der Waals surface area contributed by atoms with Gasteiger partial charge in [-0.1, -0.05) is 39.0 Å². The highest BCUT2D eigenvalue weighted by molar-refractivity contribution is 5.71.